The average Bonchev–Trinajstić information content (AvgIpc) is 2.55. The van der Waals surface area contributed by atoms with Crippen molar-refractivity contribution in [3.8, 4) is 0 Å². The van der Waals surface area contributed by atoms with Gasteiger partial charge in [-0.05, 0) is 38.0 Å². The minimum Gasteiger partial charge on any atom is -0.481 e. The zero-order chi connectivity index (χ0) is 18.2. The zero-order valence-electron chi connectivity index (χ0n) is 13.8. The van der Waals surface area contributed by atoms with Crippen LogP contribution >= 0.6 is 23.4 Å². The van der Waals surface area contributed by atoms with Crippen LogP contribution < -0.4 is 5.32 Å². The van der Waals surface area contributed by atoms with Crippen molar-refractivity contribution in [2.75, 3.05) is 18.4 Å². The molecule has 2 atom stereocenters. The smallest absolute Gasteiger partial charge is 0.311 e. The number of likely N-dealkylation sites (tertiary alicyclic amines) is 1. The molecule has 2 unspecified atom stereocenters. The molecule has 1 aromatic carbocycles. The van der Waals surface area contributed by atoms with Crippen molar-refractivity contribution in [1.29, 1.82) is 0 Å². The third-order valence-electron chi connectivity index (χ3n) is 4.69. The van der Waals surface area contributed by atoms with Crippen molar-refractivity contribution >= 4 is 46.8 Å². The summed E-state index contributed by atoms with van der Waals surface area (Å²) in [6.45, 7) is 2.39. The second-order valence-electron chi connectivity index (χ2n) is 6.73. The van der Waals surface area contributed by atoms with Gasteiger partial charge in [0, 0.05) is 29.4 Å². The minimum absolute atomic E-state index is 0.0499. The third-order valence-corrected chi connectivity index (χ3v) is 6.20. The van der Waals surface area contributed by atoms with Crippen LogP contribution in [0.25, 0.3) is 0 Å². The number of aliphatic carboxylic acids is 1. The third kappa shape index (κ3) is 3.77. The summed E-state index contributed by atoms with van der Waals surface area (Å²) in [7, 11) is 0. The van der Waals surface area contributed by atoms with E-state index in [1.165, 1.54) is 11.8 Å². The number of carbonyl (C=O) groups excluding carboxylic acids is 2. The number of benzene rings is 1. The Hall–Kier alpha value is -1.73. The quantitative estimate of drug-likeness (QED) is 0.839. The molecule has 1 fully saturated rings. The van der Waals surface area contributed by atoms with E-state index in [-0.39, 0.29) is 24.8 Å². The van der Waals surface area contributed by atoms with Gasteiger partial charge in [0.2, 0.25) is 11.8 Å². The van der Waals surface area contributed by atoms with Gasteiger partial charge in [0.05, 0.1) is 16.4 Å². The summed E-state index contributed by atoms with van der Waals surface area (Å²) in [6.07, 6.45) is 1.26. The van der Waals surface area contributed by atoms with Gasteiger partial charge in [-0.3, -0.25) is 14.4 Å². The molecule has 0 saturated carbocycles. The fourth-order valence-corrected chi connectivity index (χ4v) is 4.43. The van der Waals surface area contributed by atoms with E-state index < -0.39 is 16.6 Å². The number of amides is 2. The Labute approximate surface area is 154 Å². The lowest BCUT2D eigenvalue weighted by molar-refractivity contribution is -0.153. The Balaban J connectivity index is 1.68. The first-order valence-corrected chi connectivity index (χ1v) is 9.32. The van der Waals surface area contributed by atoms with Crippen LogP contribution in [-0.4, -0.2) is 46.1 Å². The Morgan fingerprint density at radius 1 is 1.48 bits per heavy atom. The number of carboxylic acid groups (broad SMARTS) is 1. The number of hydrogen-bond donors (Lipinski definition) is 2. The van der Waals surface area contributed by atoms with E-state index in [2.05, 4.69) is 5.32 Å². The molecule has 2 heterocycles. The van der Waals surface area contributed by atoms with Gasteiger partial charge in [-0.2, -0.15) is 0 Å². The van der Waals surface area contributed by atoms with Crippen LogP contribution in [0.15, 0.2) is 23.1 Å². The highest BCUT2D eigenvalue weighted by atomic mass is 35.5. The number of carboxylic acids is 1. The standard InChI is InChI=1S/C17H19ClN2O4S/c1-17(16(23)24)5-2-6-20(9-17)14(21)8-13-15(22)19-11-7-10(18)3-4-12(11)25-13/h3-4,7,13H,2,5-6,8-9H2,1H3,(H,19,22)(H,23,24). The molecule has 0 spiro atoms. The molecule has 0 radical (unpaired) electrons. The van der Waals surface area contributed by atoms with Crippen LogP contribution in [0.1, 0.15) is 26.2 Å². The topological polar surface area (TPSA) is 86.7 Å². The highest BCUT2D eigenvalue weighted by Gasteiger charge is 2.40. The number of carbonyl (C=O) groups is 3. The maximum atomic E-state index is 12.6. The van der Waals surface area contributed by atoms with Crippen LogP contribution in [0, 0.1) is 5.41 Å². The predicted molar refractivity (Wildman–Crippen MR) is 95.9 cm³/mol. The Kier molecular flexibility index (Phi) is 4.97. The zero-order valence-corrected chi connectivity index (χ0v) is 15.3. The molecule has 0 bridgehead atoms. The molecule has 2 aliphatic heterocycles. The number of hydrogen-bond acceptors (Lipinski definition) is 4. The van der Waals surface area contributed by atoms with E-state index in [0.717, 1.165) is 4.90 Å². The average molecular weight is 383 g/mol. The first-order chi connectivity index (χ1) is 11.8. The highest BCUT2D eigenvalue weighted by molar-refractivity contribution is 8.01. The Morgan fingerprint density at radius 3 is 2.96 bits per heavy atom. The van der Waals surface area contributed by atoms with Crippen LogP contribution in [0.5, 0.6) is 0 Å². The van der Waals surface area contributed by atoms with Gasteiger partial charge in [0.15, 0.2) is 0 Å². The van der Waals surface area contributed by atoms with Gasteiger partial charge in [-0.1, -0.05) is 11.6 Å². The molecule has 1 aromatic rings. The molecule has 2 amide bonds. The molecule has 134 valence electrons. The van der Waals surface area contributed by atoms with Gasteiger partial charge < -0.3 is 15.3 Å². The highest BCUT2D eigenvalue weighted by Crippen LogP contribution is 2.39. The molecule has 3 rings (SSSR count). The maximum Gasteiger partial charge on any atom is 0.311 e. The number of thioether (sulfide) groups is 1. The summed E-state index contributed by atoms with van der Waals surface area (Å²) < 4.78 is 0. The van der Waals surface area contributed by atoms with Crippen molar-refractivity contribution in [3.05, 3.63) is 23.2 Å². The summed E-state index contributed by atoms with van der Waals surface area (Å²) >= 11 is 7.27. The molecule has 2 aliphatic rings. The lowest BCUT2D eigenvalue weighted by Crippen LogP contribution is -2.49. The normalized spacial score (nSPS) is 25.9. The van der Waals surface area contributed by atoms with Gasteiger partial charge in [0.1, 0.15) is 0 Å². The molecule has 8 heteroatoms. The number of halogens is 1. The van der Waals surface area contributed by atoms with E-state index in [9.17, 15) is 19.5 Å². The van der Waals surface area contributed by atoms with Gasteiger partial charge in [0.25, 0.3) is 0 Å². The number of nitrogens with zero attached hydrogens (tertiary/aromatic N) is 1. The van der Waals surface area contributed by atoms with Gasteiger partial charge in [-0.15, -0.1) is 11.8 Å². The van der Waals surface area contributed by atoms with Crippen LogP contribution in [-0.2, 0) is 14.4 Å². The van der Waals surface area contributed by atoms with Crippen molar-refractivity contribution in [1.82, 2.24) is 4.90 Å². The maximum absolute atomic E-state index is 12.6. The SMILES string of the molecule is CC1(C(=O)O)CCCN(C(=O)CC2Sc3ccc(Cl)cc3NC2=O)C1. The summed E-state index contributed by atoms with van der Waals surface area (Å²) in [6, 6.07) is 5.25. The molecule has 25 heavy (non-hydrogen) atoms. The van der Waals surface area contributed by atoms with Crippen molar-refractivity contribution in [3.63, 3.8) is 0 Å². The molecule has 0 aromatic heterocycles. The first kappa shape index (κ1) is 18.1. The first-order valence-electron chi connectivity index (χ1n) is 8.07. The minimum atomic E-state index is -0.917. The van der Waals surface area contributed by atoms with Crippen molar-refractivity contribution < 1.29 is 19.5 Å². The fraction of sp³-hybridized carbons (Fsp3) is 0.471. The van der Waals surface area contributed by atoms with Crippen LogP contribution in [0.2, 0.25) is 5.02 Å². The summed E-state index contributed by atoms with van der Waals surface area (Å²) in [5.74, 6) is -1.30. The largest absolute Gasteiger partial charge is 0.481 e. The molecule has 6 nitrogen and oxygen atoms in total. The Bertz CT molecular complexity index is 741. The van der Waals surface area contributed by atoms with E-state index in [4.69, 9.17) is 11.6 Å². The van der Waals surface area contributed by atoms with Crippen molar-refractivity contribution in [2.24, 2.45) is 5.41 Å². The lowest BCUT2D eigenvalue weighted by atomic mass is 9.82. The fourth-order valence-electron chi connectivity index (χ4n) is 3.17. The van der Waals surface area contributed by atoms with Crippen LogP contribution in [0.4, 0.5) is 5.69 Å². The van der Waals surface area contributed by atoms with Crippen molar-refractivity contribution in [2.45, 2.75) is 36.3 Å². The summed E-state index contributed by atoms with van der Waals surface area (Å²) in [5, 5.41) is 12.2. The summed E-state index contributed by atoms with van der Waals surface area (Å²) in [5.41, 5.74) is -0.262. The van der Waals surface area contributed by atoms with E-state index in [1.807, 2.05) is 6.07 Å². The number of piperidine rings is 1. The lowest BCUT2D eigenvalue weighted by Gasteiger charge is -2.38. The van der Waals surface area contributed by atoms with Gasteiger partial charge in [-0.25, -0.2) is 0 Å². The molecule has 2 N–H and O–H groups in total. The van der Waals surface area contributed by atoms with Gasteiger partial charge >= 0.3 is 5.97 Å². The molecule has 0 aliphatic carbocycles. The second-order valence-corrected chi connectivity index (χ2v) is 8.41. The molecular weight excluding hydrogens is 364 g/mol. The monoisotopic (exact) mass is 382 g/mol. The van der Waals surface area contributed by atoms with E-state index in [0.29, 0.717) is 30.1 Å². The Morgan fingerprint density at radius 2 is 2.24 bits per heavy atom. The predicted octanol–water partition coefficient (Wildman–Crippen LogP) is 2.86. The number of fused-ring (bicyclic) bond motifs is 1. The number of anilines is 1. The molecular formula is C17H19ClN2O4S. The van der Waals surface area contributed by atoms with Crippen LogP contribution in [0.3, 0.4) is 0 Å². The number of nitrogens with one attached hydrogen (secondary N) is 1. The molecule has 1 saturated heterocycles. The number of rotatable bonds is 3. The van der Waals surface area contributed by atoms with E-state index >= 15 is 0 Å². The summed E-state index contributed by atoms with van der Waals surface area (Å²) in [4.78, 5) is 38.8. The second kappa shape index (κ2) is 6.88. The van der Waals surface area contributed by atoms with E-state index in [1.54, 1.807) is 24.0 Å².